The smallest absolute Gasteiger partial charge is 0.255 e. The first-order valence-corrected chi connectivity index (χ1v) is 5.29. The van der Waals surface area contributed by atoms with E-state index in [1.807, 2.05) is 12.1 Å². The number of hydrogen-bond acceptors (Lipinski definition) is 2. The van der Waals surface area contributed by atoms with E-state index < -0.39 is 5.91 Å². The molecule has 0 spiro atoms. The molecule has 2 rings (SSSR count). The highest BCUT2D eigenvalue weighted by atomic mass is 16.5. The number of amides is 1. The van der Waals surface area contributed by atoms with Crippen LogP contribution in [0.3, 0.4) is 0 Å². The quantitative estimate of drug-likeness (QED) is 0.811. The lowest BCUT2D eigenvalue weighted by atomic mass is 9.91. The monoisotopic (exact) mass is 205 g/mol. The number of carbonyl (C=O) groups excluding carboxylic acids is 1. The van der Waals surface area contributed by atoms with Crippen LogP contribution >= 0.6 is 0 Å². The zero-order chi connectivity index (χ0) is 10.7. The third kappa shape index (κ3) is 2.29. The van der Waals surface area contributed by atoms with Crippen molar-refractivity contribution in [2.45, 2.75) is 25.7 Å². The number of nitrogens with two attached hydrogens (primary N) is 1. The number of ether oxygens (including phenoxy) is 1. The van der Waals surface area contributed by atoms with E-state index in [0.29, 0.717) is 0 Å². The molecule has 15 heavy (non-hydrogen) atoms. The van der Waals surface area contributed by atoms with Gasteiger partial charge in [0.05, 0.1) is 0 Å². The van der Waals surface area contributed by atoms with E-state index in [1.165, 1.54) is 24.0 Å². The van der Waals surface area contributed by atoms with Gasteiger partial charge in [-0.3, -0.25) is 4.79 Å². The topological polar surface area (TPSA) is 52.3 Å². The van der Waals surface area contributed by atoms with Crippen LogP contribution in [-0.2, 0) is 17.6 Å². The van der Waals surface area contributed by atoms with Crippen molar-refractivity contribution >= 4 is 5.91 Å². The molecule has 0 heterocycles. The fraction of sp³-hybridized carbons (Fsp3) is 0.417. The lowest BCUT2D eigenvalue weighted by Gasteiger charge is -2.18. The Morgan fingerprint density at radius 1 is 1.33 bits per heavy atom. The van der Waals surface area contributed by atoms with Crippen LogP contribution in [0.2, 0.25) is 0 Å². The van der Waals surface area contributed by atoms with Gasteiger partial charge < -0.3 is 10.5 Å². The number of carbonyl (C=O) groups is 1. The van der Waals surface area contributed by atoms with Crippen molar-refractivity contribution < 1.29 is 9.53 Å². The van der Waals surface area contributed by atoms with Crippen LogP contribution in [0.5, 0.6) is 5.75 Å². The number of primary amides is 1. The van der Waals surface area contributed by atoms with E-state index >= 15 is 0 Å². The summed E-state index contributed by atoms with van der Waals surface area (Å²) in [4.78, 5) is 10.6. The molecule has 3 heteroatoms. The first-order chi connectivity index (χ1) is 7.27. The molecule has 0 aromatic heterocycles. The molecule has 0 unspecified atom stereocenters. The van der Waals surface area contributed by atoms with Crippen LogP contribution in [0.15, 0.2) is 18.2 Å². The van der Waals surface area contributed by atoms with Gasteiger partial charge in [0, 0.05) is 0 Å². The van der Waals surface area contributed by atoms with Gasteiger partial charge >= 0.3 is 0 Å². The highest BCUT2D eigenvalue weighted by Crippen LogP contribution is 2.29. The van der Waals surface area contributed by atoms with Crippen molar-refractivity contribution in [3.05, 3.63) is 29.3 Å². The fourth-order valence-corrected chi connectivity index (χ4v) is 2.03. The first-order valence-electron chi connectivity index (χ1n) is 5.29. The van der Waals surface area contributed by atoms with Gasteiger partial charge in [0.2, 0.25) is 0 Å². The molecule has 1 amide bonds. The van der Waals surface area contributed by atoms with Crippen LogP contribution in [0.1, 0.15) is 24.0 Å². The Morgan fingerprint density at radius 3 is 2.93 bits per heavy atom. The summed E-state index contributed by atoms with van der Waals surface area (Å²) >= 11 is 0. The minimum Gasteiger partial charge on any atom is -0.483 e. The lowest BCUT2D eigenvalue weighted by molar-refractivity contribution is -0.119. The van der Waals surface area contributed by atoms with Crippen molar-refractivity contribution in [3.63, 3.8) is 0 Å². The SMILES string of the molecule is NC(=O)COc1cccc2c1CCCC2. The summed E-state index contributed by atoms with van der Waals surface area (Å²) in [5, 5.41) is 0. The van der Waals surface area contributed by atoms with E-state index in [4.69, 9.17) is 10.5 Å². The van der Waals surface area contributed by atoms with Gasteiger partial charge in [-0.1, -0.05) is 12.1 Å². The number of hydrogen-bond donors (Lipinski definition) is 1. The second-order valence-electron chi connectivity index (χ2n) is 3.86. The van der Waals surface area contributed by atoms with Gasteiger partial charge in [-0.15, -0.1) is 0 Å². The van der Waals surface area contributed by atoms with Crippen molar-refractivity contribution in [3.8, 4) is 5.75 Å². The third-order valence-electron chi connectivity index (χ3n) is 2.72. The third-order valence-corrected chi connectivity index (χ3v) is 2.72. The minimum atomic E-state index is -0.427. The highest BCUT2D eigenvalue weighted by molar-refractivity contribution is 5.75. The summed E-state index contributed by atoms with van der Waals surface area (Å²) in [6.07, 6.45) is 4.60. The zero-order valence-corrected chi connectivity index (χ0v) is 8.66. The number of fused-ring (bicyclic) bond motifs is 1. The average molecular weight is 205 g/mol. The molecule has 0 saturated heterocycles. The van der Waals surface area contributed by atoms with Crippen molar-refractivity contribution in [1.82, 2.24) is 0 Å². The predicted octanol–water partition coefficient (Wildman–Crippen LogP) is 1.43. The Labute approximate surface area is 89.2 Å². The van der Waals surface area contributed by atoms with Crippen LogP contribution in [0.25, 0.3) is 0 Å². The maximum Gasteiger partial charge on any atom is 0.255 e. The largest absolute Gasteiger partial charge is 0.483 e. The highest BCUT2D eigenvalue weighted by Gasteiger charge is 2.13. The van der Waals surface area contributed by atoms with Crippen LogP contribution in [-0.4, -0.2) is 12.5 Å². The Bertz CT molecular complexity index is 374. The second kappa shape index (κ2) is 4.34. The van der Waals surface area contributed by atoms with E-state index in [2.05, 4.69) is 6.07 Å². The standard InChI is InChI=1S/C12H15NO2/c13-12(14)8-15-11-7-3-5-9-4-1-2-6-10(9)11/h3,5,7H,1-2,4,6,8H2,(H2,13,14). The van der Waals surface area contributed by atoms with Crippen molar-refractivity contribution in [2.75, 3.05) is 6.61 Å². The molecule has 0 saturated carbocycles. The molecular weight excluding hydrogens is 190 g/mol. The summed E-state index contributed by atoms with van der Waals surface area (Å²) in [6.45, 7) is -0.0313. The van der Waals surface area contributed by atoms with Gasteiger partial charge in [0.1, 0.15) is 5.75 Å². The normalized spacial score (nSPS) is 14.4. The molecule has 0 fully saturated rings. The molecule has 1 aromatic rings. The Balaban J connectivity index is 2.19. The van der Waals surface area contributed by atoms with Crippen molar-refractivity contribution in [1.29, 1.82) is 0 Å². The summed E-state index contributed by atoms with van der Waals surface area (Å²) in [6, 6.07) is 6.01. The van der Waals surface area contributed by atoms with E-state index in [1.54, 1.807) is 0 Å². The maximum atomic E-state index is 10.6. The van der Waals surface area contributed by atoms with Crippen molar-refractivity contribution in [2.24, 2.45) is 5.73 Å². The Kier molecular flexibility index (Phi) is 2.90. The fourth-order valence-electron chi connectivity index (χ4n) is 2.03. The minimum absolute atomic E-state index is 0.0313. The maximum absolute atomic E-state index is 10.6. The van der Waals surface area contributed by atoms with Gasteiger partial charge in [-0.05, 0) is 42.9 Å². The second-order valence-corrected chi connectivity index (χ2v) is 3.86. The van der Waals surface area contributed by atoms with E-state index in [0.717, 1.165) is 18.6 Å². The van der Waals surface area contributed by atoms with Gasteiger partial charge in [-0.2, -0.15) is 0 Å². The van der Waals surface area contributed by atoms with Crippen LogP contribution < -0.4 is 10.5 Å². The molecule has 0 bridgehead atoms. The molecule has 1 aromatic carbocycles. The van der Waals surface area contributed by atoms with Crippen LogP contribution in [0.4, 0.5) is 0 Å². The predicted molar refractivity (Wildman–Crippen MR) is 57.8 cm³/mol. The number of rotatable bonds is 3. The van der Waals surface area contributed by atoms with Crippen LogP contribution in [0, 0.1) is 0 Å². The summed E-state index contributed by atoms with van der Waals surface area (Å²) in [5.41, 5.74) is 7.66. The lowest BCUT2D eigenvalue weighted by Crippen LogP contribution is -2.20. The molecule has 1 aliphatic carbocycles. The molecule has 80 valence electrons. The summed E-state index contributed by atoms with van der Waals surface area (Å²) in [5.74, 6) is 0.398. The molecule has 0 atom stereocenters. The van der Waals surface area contributed by atoms with Gasteiger partial charge in [-0.25, -0.2) is 0 Å². The first kappa shape index (κ1) is 10.0. The summed E-state index contributed by atoms with van der Waals surface area (Å²) in [7, 11) is 0. The van der Waals surface area contributed by atoms with Gasteiger partial charge in [0.15, 0.2) is 6.61 Å². The molecule has 0 radical (unpaired) electrons. The number of benzene rings is 1. The zero-order valence-electron chi connectivity index (χ0n) is 8.66. The number of aryl methyl sites for hydroxylation is 1. The Hall–Kier alpha value is -1.51. The molecule has 2 N–H and O–H groups in total. The summed E-state index contributed by atoms with van der Waals surface area (Å²) < 4.78 is 5.39. The molecule has 0 aliphatic heterocycles. The van der Waals surface area contributed by atoms with E-state index in [9.17, 15) is 4.79 Å². The molecule has 1 aliphatic rings. The average Bonchev–Trinajstić information content (AvgIpc) is 2.26. The van der Waals surface area contributed by atoms with Gasteiger partial charge in [0.25, 0.3) is 5.91 Å². The molecular formula is C12H15NO2. The van der Waals surface area contributed by atoms with E-state index in [-0.39, 0.29) is 6.61 Å². The molecule has 3 nitrogen and oxygen atoms in total. The Morgan fingerprint density at radius 2 is 2.13 bits per heavy atom.